The fraction of sp³-hybridized carbons (Fsp3) is 0.385. The predicted octanol–water partition coefficient (Wildman–Crippen LogP) is 1.47. The van der Waals surface area contributed by atoms with Gasteiger partial charge in [-0.05, 0) is 37.1 Å². The van der Waals surface area contributed by atoms with Gasteiger partial charge < -0.3 is 15.1 Å². The Bertz CT molecular complexity index is 451. The Hall–Kier alpha value is -2.04. The third kappa shape index (κ3) is 3.00. The highest BCUT2D eigenvalue weighted by atomic mass is 16.4. The second kappa shape index (κ2) is 5.08. The van der Waals surface area contributed by atoms with Gasteiger partial charge in [0.15, 0.2) is 0 Å². The van der Waals surface area contributed by atoms with Gasteiger partial charge in [-0.3, -0.25) is 9.59 Å². The molecule has 1 saturated carbocycles. The Morgan fingerprint density at radius 1 is 1.22 bits per heavy atom. The number of hydrogen-bond donors (Lipinski definition) is 2. The summed E-state index contributed by atoms with van der Waals surface area (Å²) in [5.41, 5.74) is 0.477. The standard InChI is InChI=1S/C13H15NO4/c15-11-5-1-9(2-6-11)13(18)14(10-3-4-10)8-7-12(16)17/h1-2,5-6,10,15H,3-4,7-8H2,(H,16,17). The average molecular weight is 249 g/mol. The first-order valence-corrected chi connectivity index (χ1v) is 5.89. The molecule has 0 radical (unpaired) electrons. The Morgan fingerprint density at radius 3 is 2.33 bits per heavy atom. The van der Waals surface area contributed by atoms with E-state index >= 15 is 0 Å². The lowest BCUT2D eigenvalue weighted by molar-refractivity contribution is -0.137. The second-order valence-electron chi connectivity index (χ2n) is 4.42. The number of phenols is 1. The Kier molecular flexibility index (Phi) is 3.50. The normalized spacial score (nSPS) is 14.2. The second-order valence-corrected chi connectivity index (χ2v) is 4.42. The van der Waals surface area contributed by atoms with E-state index in [1.165, 1.54) is 12.1 Å². The molecular formula is C13H15NO4. The van der Waals surface area contributed by atoms with Crippen LogP contribution in [-0.2, 0) is 4.79 Å². The van der Waals surface area contributed by atoms with E-state index in [0.717, 1.165) is 12.8 Å². The average Bonchev–Trinajstić information content (AvgIpc) is 3.14. The van der Waals surface area contributed by atoms with Gasteiger partial charge in [0.05, 0.1) is 6.42 Å². The van der Waals surface area contributed by atoms with Crippen molar-refractivity contribution in [1.29, 1.82) is 0 Å². The van der Waals surface area contributed by atoms with Crippen molar-refractivity contribution < 1.29 is 19.8 Å². The van der Waals surface area contributed by atoms with E-state index in [1.807, 2.05) is 0 Å². The van der Waals surface area contributed by atoms with Gasteiger partial charge in [-0.1, -0.05) is 0 Å². The van der Waals surface area contributed by atoms with Gasteiger partial charge in [-0.2, -0.15) is 0 Å². The van der Waals surface area contributed by atoms with Gasteiger partial charge in [0, 0.05) is 18.2 Å². The first-order valence-electron chi connectivity index (χ1n) is 5.89. The first-order chi connectivity index (χ1) is 8.58. The molecule has 0 atom stereocenters. The number of aromatic hydroxyl groups is 1. The summed E-state index contributed by atoms with van der Waals surface area (Å²) >= 11 is 0. The summed E-state index contributed by atoms with van der Waals surface area (Å²) in [7, 11) is 0. The zero-order chi connectivity index (χ0) is 13.1. The van der Waals surface area contributed by atoms with Crippen molar-refractivity contribution in [2.75, 3.05) is 6.54 Å². The molecule has 1 amide bonds. The number of phenolic OH excluding ortho intramolecular Hbond substituents is 1. The fourth-order valence-electron chi connectivity index (χ4n) is 1.82. The molecule has 0 bridgehead atoms. The molecule has 0 aromatic heterocycles. The maximum atomic E-state index is 12.2. The summed E-state index contributed by atoms with van der Waals surface area (Å²) in [6, 6.07) is 6.18. The van der Waals surface area contributed by atoms with E-state index in [9.17, 15) is 14.7 Å². The van der Waals surface area contributed by atoms with Gasteiger partial charge in [0.1, 0.15) is 5.75 Å². The van der Waals surface area contributed by atoms with Crippen molar-refractivity contribution in [3.63, 3.8) is 0 Å². The van der Waals surface area contributed by atoms with Crippen molar-refractivity contribution in [1.82, 2.24) is 4.90 Å². The number of hydrogen-bond acceptors (Lipinski definition) is 3. The maximum Gasteiger partial charge on any atom is 0.305 e. The van der Waals surface area contributed by atoms with Crippen molar-refractivity contribution in [3.8, 4) is 5.75 Å². The summed E-state index contributed by atoms with van der Waals surface area (Å²) in [5, 5.41) is 17.9. The molecule has 1 aromatic carbocycles. The molecule has 0 saturated heterocycles. The Labute approximate surface area is 105 Å². The molecule has 5 nitrogen and oxygen atoms in total. The van der Waals surface area contributed by atoms with Crippen molar-refractivity contribution in [2.45, 2.75) is 25.3 Å². The number of benzene rings is 1. The van der Waals surface area contributed by atoms with Crippen LogP contribution in [0.15, 0.2) is 24.3 Å². The zero-order valence-electron chi connectivity index (χ0n) is 9.87. The quantitative estimate of drug-likeness (QED) is 0.828. The van der Waals surface area contributed by atoms with E-state index in [2.05, 4.69) is 0 Å². The van der Waals surface area contributed by atoms with Crippen LogP contribution >= 0.6 is 0 Å². The Balaban J connectivity index is 2.07. The third-order valence-electron chi connectivity index (χ3n) is 2.93. The summed E-state index contributed by atoms with van der Waals surface area (Å²) in [5.74, 6) is -0.965. The topological polar surface area (TPSA) is 77.8 Å². The summed E-state index contributed by atoms with van der Waals surface area (Å²) in [6.07, 6.45) is 1.83. The number of carboxylic acids is 1. The SMILES string of the molecule is O=C(O)CCN(C(=O)c1ccc(O)cc1)C1CC1. The van der Waals surface area contributed by atoms with Gasteiger partial charge in [-0.15, -0.1) is 0 Å². The number of carbonyl (C=O) groups excluding carboxylic acids is 1. The van der Waals surface area contributed by atoms with Crippen LogP contribution in [0.3, 0.4) is 0 Å². The van der Waals surface area contributed by atoms with Gasteiger partial charge in [0.25, 0.3) is 5.91 Å². The van der Waals surface area contributed by atoms with Gasteiger partial charge in [0.2, 0.25) is 0 Å². The van der Waals surface area contributed by atoms with E-state index < -0.39 is 5.97 Å². The van der Waals surface area contributed by atoms with Crippen LogP contribution in [0.1, 0.15) is 29.6 Å². The molecule has 18 heavy (non-hydrogen) atoms. The van der Waals surface area contributed by atoms with Crippen LogP contribution in [0.25, 0.3) is 0 Å². The molecule has 0 unspecified atom stereocenters. The van der Waals surface area contributed by atoms with E-state index in [0.29, 0.717) is 5.56 Å². The molecular weight excluding hydrogens is 234 g/mol. The lowest BCUT2D eigenvalue weighted by Gasteiger charge is -2.21. The molecule has 2 rings (SSSR count). The number of carboxylic acid groups (broad SMARTS) is 1. The summed E-state index contributed by atoms with van der Waals surface area (Å²) < 4.78 is 0. The predicted molar refractivity (Wildman–Crippen MR) is 64.4 cm³/mol. The molecule has 0 spiro atoms. The largest absolute Gasteiger partial charge is 0.508 e. The highest BCUT2D eigenvalue weighted by molar-refractivity contribution is 5.94. The lowest BCUT2D eigenvalue weighted by Crippen LogP contribution is -2.34. The molecule has 96 valence electrons. The van der Waals surface area contributed by atoms with Crippen LogP contribution in [0, 0.1) is 0 Å². The lowest BCUT2D eigenvalue weighted by atomic mass is 10.2. The molecule has 2 N–H and O–H groups in total. The minimum Gasteiger partial charge on any atom is -0.508 e. The van der Waals surface area contributed by atoms with Gasteiger partial charge in [-0.25, -0.2) is 0 Å². The van der Waals surface area contributed by atoms with Crippen molar-refractivity contribution in [3.05, 3.63) is 29.8 Å². The number of rotatable bonds is 5. The van der Waals surface area contributed by atoms with Crippen LogP contribution < -0.4 is 0 Å². The van der Waals surface area contributed by atoms with Crippen LogP contribution in [0.4, 0.5) is 0 Å². The number of nitrogens with zero attached hydrogens (tertiary/aromatic N) is 1. The zero-order valence-corrected chi connectivity index (χ0v) is 9.87. The fourth-order valence-corrected chi connectivity index (χ4v) is 1.82. The molecule has 1 fully saturated rings. The molecule has 0 heterocycles. The summed E-state index contributed by atoms with van der Waals surface area (Å²) in [6.45, 7) is 0.236. The number of carbonyl (C=O) groups is 2. The van der Waals surface area contributed by atoms with E-state index in [1.54, 1.807) is 17.0 Å². The minimum atomic E-state index is -0.904. The highest BCUT2D eigenvalue weighted by Gasteiger charge is 2.33. The minimum absolute atomic E-state index is 0.0413. The van der Waals surface area contributed by atoms with Crippen LogP contribution in [0.2, 0.25) is 0 Å². The third-order valence-corrected chi connectivity index (χ3v) is 2.93. The molecule has 1 aliphatic rings. The molecule has 1 aliphatic carbocycles. The Morgan fingerprint density at radius 2 is 1.83 bits per heavy atom. The van der Waals surface area contributed by atoms with Crippen molar-refractivity contribution in [2.24, 2.45) is 0 Å². The van der Waals surface area contributed by atoms with Crippen LogP contribution in [-0.4, -0.2) is 39.6 Å². The first kappa shape index (κ1) is 12.4. The van der Waals surface area contributed by atoms with Crippen LogP contribution in [0.5, 0.6) is 5.75 Å². The number of amides is 1. The molecule has 1 aromatic rings. The monoisotopic (exact) mass is 249 g/mol. The highest BCUT2D eigenvalue weighted by Crippen LogP contribution is 2.28. The van der Waals surface area contributed by atoms with E-state index in [4.69, 9.17) is 5.11 Å². The number of aliphatic carboxylic acids is 1. The molecule has 0 aliphatic heterocycles. The summed E-state index contributed by atoms with van der Waals surface area (Å²) in [4.78, 5) is 24.4. The van der Waals surface area contributed by atoms with Gasteiger partial charge >= 0.3 is 5.97 Å². The maximum absolute atomic E-state index is 12.2. The van der Waals surface area contributed by atoms with E-state index in [-0.39, 0.29) is 30.7 Å². The molecule has 5 heteroatoms. The van der Waals surface area contributed by atoms with Crippen molar-refractivity contribution >= 4 is 11.9 Å². The smallest absolute Gasteiger partial charge is 0.305 e.